The predicted molar refractivity (Wildman–Crippen MR) is 99.5 cm³/mol. The van der Waals surface area contributed by atoms with Gasteiger partial charge in [-0.1, -0.05) is 12.1 Å². The molecule has 5 heteroatoms. The highest BCUT2D eigenvalue weighted by Gasteiger charge is 2.40. The van der Waals surface area contributed by atoms with Crippen molar-refractivity contribution >= 4 is 0 Å². The predicted octanol–water partition coefficient (Wildman–Crippen LogP) is 2.98. The molecule has 0 spiro atoms. The highest BCUT2D eigenvalue weighted by molar-refractivity contribution is 5.10. The molecule has 0 bridgehead atoms. The number of hydrogen-bond acceptors (Lipinski definition) is 5. The van der Waals surface area contributed by atoms with Crippen molar-refractivity contribution in [1.29, 1.82) is 0 Å². The maximum absolute atomic E-state index is 6.06. The van der Waals surface area contributed by atoms with Crippen LogP contribution < -0.4 is 0 Å². The number of hydrogen-bond donors (Lipinski definition) is 0. The van der Waals surface area contributed by atoms with E-state index in [1.807, 2.05) is 43.6 Å². The number of nitrogens with zero attached hydrogens (tertiary/aromatic N) is 3. The number of morpholine rings is 1. The lowest BCUT2D eigenvalue weighted by molar-refractivity contribution is -0.0591. The van der Waals surface area contributed by atoms with E-state index in [-0.39, 0.29) is 0 Å². The van der Waals surface area contributed by atoms with Gasteiger partial charge in [-0.2, -0.15) is 0 Å². The first kappa shape index (κ1) is 17.6. The highest BCUT2D eigenvalue weighted by atomic mass is 16.5. The quantitative estimate of drug-likeness (QED) is 0.799. The van der Waals surface area contributed by atoms with Gasteiger partial charge in [-0.3, -0.25) is 14.9 Å². The zero-order valence-corrected chi connectivity index (χ0v) is 15.4. The Morgan fingerprint density at radius 2 is 2.19 bits per heavy atom. The summed E-state index contributed by atoms with van der Waals surface area (Å²) in [5, 5.41) is 0. The molecule has 1 saturated carbocycles. The molecule has 2 aromatic rings. The zero-order valence-electron chi connectivity index (χ0n) is 15.4. The summed E-state index contributed by atoms with van der Waals surface area (Å²) >= 11 is 0. The fourth-order valence-corrected chi connectivity index (χ4v) is 4.19. The van der Waals surface area contributed by atoms with Crippen LogP contribution in [0.5, 0.6) is 0 Å². The molecule has 26 heavy (non-hydrogen) atoms. The molecule has 0 aromatic carbocycles. The third kappa shape index (κ3) is 4.29. The lowest BCUT2D eigenvalue weighted by Gasteiger charge is -2.37. The Labute approximate surface area is 155 Å². The summed E-state index contributed by atoms with van der Waals surface area (Å²) in [6, 6.07) is 10.7. The van der Waals surface area contributed by atoms with Crippen LogP contribution in [0, 0.1) is 12.8 Å². The normalized spacial score (nSPS) is 26.0. The van der Waals surface area contributed by atoms with E-state index in [0.717, 1.165) is 50.5 Å². The van der Waals surface area contributed by atoms with Gasteiger partial charge in [-0.15, -0.1) is 0 Å². The molecule has 1 aliphatic carbocycles. The Morgan fingerprint density at radius 3 is 3.04 bits per heavy atom. The fourth-order valence-electron chi connectivity index (χ4n) is 4.19. The lowest BCUT2D eigenvalue weighted by Crippen LogP contribution is -2.47. The molecule has 0 amide bonds. The summed E-state index contributed by atoms with van der Waals surface area (Å²) in [4.78, 5) is 11.3. The molecule has 3 heterocycles. The molecule has 2 fully saturated rings. The summed E-state index contributed by atoms with van der Waals surface area (Å²) in [6.45, 7) is 6.16. The summed E-state index contributed by atoms with van der Waals surface area (Å²) < 4.78 is 12.0. The van der Waals surface area contributed by atoms with Crippen LogP contribution in [-0.4, -0.2) is 46.8 Å². The van der Waals surface area contributed by atoms with Gasteiger partial charge in [0.25, 0.3) is 0 Å². The first-order chi connectivity index (χ1) is 12.8. The Hall–Kier alpha value is -1.82. The van der Waals surface area contributed by atoms with E-state index >= 15 is 0 Å². The summed E-state index contributed by atoms with van der Waals surface area (Å²) in [5.74, 6) is 0.560. The van der Waals surface area contributed by atoms with E-state index in [2.05, 4.69) is 20.9 Å². The number of pyridine rings is 2. The number of fused-ring (bicyclic) bond motifs is 1. The van der Waals surface area contributed by atoms with E-state index in [9.17, 15) is 0 Å². The van der Waals surface area contributed by atoms with Crippen molar-refractivity contribution in [2.24, 2.45) is 5.92 Å². The second-order valence-electron chi connectivity index (χ2n) is 7.43. The van der Waals surface area contributed by atoms with Crippen molar-refractivity contribution in [3.8, 4) is 0 Å². The fraction of sp³-hybridized carbons (Fsp3) is 0.524. The lowest BCUT2D eigenvalue weighted by atomic mass is 10.1. The van der Waals surface area contributed by atoms with Crippen molar-refractivity contribution in [2.45, 2.75) is 45.1 Å². The molecule has 2 aliphatic rings. The van der Waals surface area contributed by atoms with Crippen molar-refractivity contribution < 1.29 is 9.47 Å². The molecule has 5 nitrogen and oxygen atoms in total. The van der Waals surface area contributed by atoms with Crippen LogP contribution >= 0.6 is 0 Å². The number of ether oxygens (including phenoxy) is 2. The van der Waals surface area contributed by atoms with E-state index in [1.54, 1.807) is 0 Å². The molecular weight excluding hydrogens is 326 g/mol. The molecule has 0 unspecified atom stereocenters. The largest absolute Gasteiger partial charge is 0.375 e. The Morgan fingerprint density at radius 1 is 1.23 bits per heavy atom. The third-order valence-electron chi connectivity index (χ3n) is 5.41. The van der Waals surface area contributed by atoms with Gasteiger partial charge in [0.05, 0.1) is 31.6 Å². The Balaban J connectivity index is 1.29. The number of rotatable bonds is 6. The summed E-state index contributed by atoms with van der Waals surface area (Å²) in [5.41, 5.74) is 3.32. The highest BCUT2D eigenvalue weighted by Crippen LogP contribution is 2.35. The minimum atomic E-state index is 0.339. The average molecular weight is 353 g/mol. The van der Waals surface area contributed by atoms with Gasteiger partial charge in [0, 0.05) is 37.2 Å². The summed E-state index contributed by atoms with van der Waals surface area (Å²) in [6.07, 6.45) is 6.37. The van der Waals surface area contributed by atoms with Crippen molar-refractivity contribution in [3.63, 3.8) is 0 Å². The molecule has 4 rings (SSSR count). The van der Waals surface area contributed by atoms with E-state index in [0.29, 0.717) is 24.7 Å². The number of aromatic nitrogens is 2. The Bertz CT molecular complexity index is 709. The summed E-state index contributed by atoms with van der Waals surface area (Å²) in [7, 11) is 0. The second-order valence-corrected chi connectivity index (χ2v) is 7.43. The molecule has 138 valence electrons. The standard InChI is InChI=1S/C21H27N3O2/c1-16-4-2-6-19(23-16)15-25-14-18-10-20-21(11-18)26-9-8-24(20)13-17-5-3-7-22-12-17/h2-7,12,18,20-21H,8-11,13-15H2,1H3/t18-,20-,21-/m0/s1. The molecular formula is C21H27N3O2. The van der Waals surface area contributed by atoms with Gasteiger partial charge < -0.3 is 9.47 Å². The van der Waals surface area contributed by atoms with Gasteiger partial charge in [0.15, 0.2) is 0 Å². The first-order valence-electron chi connectivity index (χ1n) is 9.53. The smallest absolute Gasteiger partial charge is 0.0888 e. The van der Waals surface area contributed by atoms with E-state index in [4.69, 9.17) is 9.47 Å². The molecule has 1 aliphatic heterocycles. The van der Waals surface area contributed by atoms with Gasteiger partial charge in [-0.05, 0) is 49.4 Å². The molecule has 0 radical (unpaired) electrons. The molecule has 1 saturated heterocycles. The van der Waals surface area contributed by atoms with Gasteiger partial charge in [0.1, 0.15) is 0 Å². The van der Waals surface area contributed by atoms with E-state index in [1.165, 1.54) is 5.56 Å². The van der Waals surface area contributed by atoms with Crippen molar-refractivity contribution in [3.05, 3.63) is 59.7 Å². The SMILES string of the molecule is Cc1cccc(COC[C@@H]2C[C@@H]3OCCN(Cc4cccnc4)[C@H]3C2)n1. The van der Waals surface area contributed by atoms with Crippen LogP contribution in [0.2, 0.25) is 0 Å². The van der Waals surface area contributed by atoms with Crippen molar-refractivity contribution in [2.75, 3.05) is 19.8 Å². The van der Waals surface area contributed by atoms with Gasteiger partial charge in [-0.25, -0.2) is 0 Å². The maximum Gasteiger partial charge on any atom is 0.0888 e. The van der Waals surface area contributed by atoms with Gasteiger partial charge in [0.2, 0.25) is 0 Å². The molecule has 2 aromatic heterocycles. The second kappa shape index (κ2) is 8.25. The van der Waals surface area contributed by atoms with Crippen molar-refractivity contribution in [1.82, 2.24) is 14.9 Å². The third-order valence-corrected chi connectivity index (χ3v) is 5.41. The van der Waals surface area contributed by atoms with Crippen LogP contribution in [0.3, 0.4) is 0 Å². The van der Waals surface area contributed by atoms with Crippen LogP contribution in [0.4, 0.5) is 0 Å². The van der Waals surface area contributed by atoms with Crippen LogP contribution in [0.25, 0.3) is 0 Å². The van der Waals surface area contributed by atoms with E-state index < -0.39 is 0 Å². The van der Waals surface area contributed by atoms with Crippen LogP contribution in [0.15, 0.2) is 42.7 Å². The average Bonchev–Trinajstić information content (AvgIpc) is 3.07. The monoisotopic (exact) mass is 353 g/mol. The minimum absolute atomic E-state index is 0.339. The first-order valence-corrected chi connectivity index (χ1v) is 9.53. The maximum atomic E-state index is 6.06. The van der Waals surface area contributed by atoms with Gasteiger partial charge >= 0.3 is 0 Å². The molecule has 3 atom stereocenters. The zero-order chi connectivity index (χ0) is 17.8. The topological polar surface area (TPSA) is 47.5 Å². The molecule has 0 N–H and O–H groups in total. The minimum Gasteiger partial charge on any atom is -0.375 e. The van der Waals surface area contributed by atoms with Crippen LogP contribution in [0.1, 0.15) is 29.8 Å². The van der Waals surface area contributed by atoms with Crippen LogP contribution in [-0.2, 0) is 22.6 Å². The number of aryl methyl sites for hydroxylation is 1. The Kier molecular flexibility index (Phi) is 5.58.